The summed E-state index contributed by atoms with van der Waals surface area (Å²) < 4.78 is 25.2. The topological polar surface area (TPSA) is 44.0 Å². The summed E-state index contributed by atoms with van der Waals surface area (Å²) in [7, 11) is 0. The third-order valence-electron chi connectivity index (χ3n) is 1.35. The summed E-state index contributed by atoms with van der Waals surface area (Å²) in [6.07, 6.45) is 0. The molecular formula is C7HBr2F2NO. The monoisotopic (exact) mass is 311 g/mol. The lowest BCUT2D eigenvalue weighted by molar-refractivity contribution is 0.402. The van der Waals surface area contributed by atoms with Crippen LogP contribution >= 0.6 is 31.9 Å². The van der Waals surface area contributed by atoms with Gasteiger partial charge < -0.3 is 5.11 Å². The van der Waals surface area contributed by atoms with Gasteiger partial charge in [0, 0.05) is 0 Å². The van der Waals surface area contributed by atoms with Crippen molar-refractivity contribution in [3.8, 4) is 11.8 Å². The molecule has 0 spiro atoms. The van der Waals surface area contributed by atoms with E-state index in [-0.39, 0.29) is 14.5 Å². The number of hydrogen-bond acceptors (Lipinski definition) is 2. The maximum Gasteiger partial charge on any atom is 0.202 e. The van der Waals surface area contributed by atoms with E-state index in [0.29, 0.717) is 0 Å². The van der Waals surface area contributed by atoms with Crippen molar-refractivity contribution < 1.29 is 13.9 Å². The number of nitriles is 1. The molecule has 1 aromatic rings. The van der Waals surface area contributed by atoms with E-state index in [1.807, 2.05) is 0 Å². The molecule has 13 heavy (non-hydrogen) atoms. The Hall–Kier alpha value is -0.670. The van der Waals surface area contributed by atoms with Gasteiger partial charge in [-0.25, -0.2) is 4.39 Å². The highest BCUT2D eigenvalue weighted by atomic mass is 79.9. The fourth-order valence-electron chi connectivity index (χ4n) is 0.719. The van der Waals surface area contributed by atoms with Crippen LogP contribution in [0.5, 0.6) is 5.75 Å². The van der Waals surface area contributed by atoms with E-state index in [2.05, 4.69) is 31.9 Å². The summed E-state index contributed by atoms with van der Waals surface area (Å²) in [6, 6.07) is 1.61. The fraction of sp³-hybridized carbons (Fsp3) is 0. The predicted octanol–water partition coefficient (Wildman–Crippen LogP) is 3.07. The summed E-state index contributed by atoms with van der Waals surface area (Å²) in [5.74, 6) is -3.58. The van der Waals surface area contributed by atoms with E-state index in [1.54, 1.807) is 6.07 Å². The Morgan fingerprint density at radius 3 is 2.15 bits per heavy atom. The summed E-state index contributed by atoms with van der Waals surface area (Å²) in [6.45, 7) is 0. The number of phenolic OH excluding ortho intramolecular Hbond substituents is 1. The molecule has 0 heterocycles. The minimum atomic E-state index is -1.39. The minimum absolute atomic E-state index is 0.166. The zero-order valence-corrected chi connectivity index (χ0v) is 9.08. The maximum absolute atomic E-state index is 12.9. The summed E-state index contributed by atoms with van der Waals surface area (Å²) in [5.41, 5.74) is -0.184. The maximum atomic E-state index is 12.9. The van der Waals surface area contributed by atoms with Gasteiger partial charge in [0.15, 0.2) is 11.6 Å². The normalized spacial score (nSPS) is 9.77. The van der Waals surface area contributed by atoms with Crippen LogP contribution in [-0.2, 0) is 0 Å². The van der Waals surface area contributed by atoms with Crippen LogP contribution in [0.4, 0.5) is 8.78 Å². The predicted molar refractivity (Wildman–Crippen MR) is 48.1 cm³/mol. The molecule has 0 saturated carbocycles. The van der Waals surface area contributed by atoms with Crippen LogP contribution in [0.3, 0.4) is 0 Å². The number of nitrogens with zero attached hydrogens (tertiary/aromatic N) is 1. The molecule has 0 fully saturated rings. The van der Waals surface area contributed by atoms with Crippen molar-refractivity contribution in [1.82, 2.24) is 0 Å². The lowest BCUT2D eigenvalue weighted by Gasteiger charge is -2.04. The highest BCUT2D eigenvalue weighted by molar-refractivity contribution is 9.11. The van der Waals surface area contributed by atoms with Crippen molar-refractivity contribution in [2.45, 2.75) is 0 Å². The van der Waals surface area contributed by atoms with Gasteiger partial charge >= 0.3 is 0 Å². The average Bonchev–Trinajstić information content (AvgIpc) is 2.13. The van der Waals surface area contributed by atoms with E-state index < -0.39 is 17.4 Å². The molecule has 0 bridgehead atoms. The number of phenols is 1. The largest absolute Gasteiger partial charge is 0.504 e. The SMILES string of the molecule is N#Cc1c(Br)c(O)c(F)c(F)c1Br. The molecule has 0 radical (unpaired) electrons. The zero-order valence-electron chi connectivity index (χ0n) is 5.91. The van der Waals surface area contributed by atoms with E-state index in [4.69, 9.17) is 10.4 Å². The molecule has 6 heteroatoms. The molecule has 68 valence electrons. The highest BCUT2D eigenvalue weighted by Gasteiger charge is 2.21. The van der Waals surface area contributed by atoms with Gasteiger partial charge in [-0.05, 0) is 31.9 Å². The molecule has 0 saturated heterocycles. The second kappa shape index (κ2) is 3.60. The first kappa shape index (κ1) is 10.4. The Balaban J connectivity index is 3.69. The average molecular weight is 313 g/mol. The van der Waals surface area contributed by atoms with Gasteiger partial charge in [0.1, 0.15) is 6.07 Å². The van der Waals surface area contributed by atoms with Crippen molar-refractivity contribution in [3.63, 3.8) is 0 Å². The van der Waals surface area contributed by atoms with Gasteiger partial charge in [-0.15, -0.1) is 0 Å². The number of hydrogen-bond donors (Lipinski definition) is 1. The Labute approximate surface area is 89.0 Å². The number of aromatic hydroxyl groups is 1. The van der Waals surface area contributed by atoms with E-state index in [9.17, 15) is 8.78 Å². The molecule has 0 unspecified atom stereocenters. The molecule has 0 aliphatic heterocycles. The van der Waals surface area contributed by atoms with Crippen LogP contribution in [0.25, 0.3) is 0 Å². The Kier molecular flexibility index (Phi) is 2.88. The third-order valence-corrected chi connectivity index (χ3v) is 2.87. The number of rotatable bonds is 0. The second-order valence-electron chi connectivity index (χ2n) is 2.09. The first-order chi connectivity index (χ1) is 6.00. The molecular weight excluding hydrogens is 312 g/mol. The Morgan fingerprint density at radius 2 is 1.69 bits per heavy atom. The first-order valence-electron chi connectivity index (χ1n) is 2.95. The zero-order chi connectivity index (χ0) is 10.2. The summed E-state index contributed by atoms with van der Waals surface area (Å²) in [5, 5.41) is 17.5. The molecule has 2 nitrogen and oxygen atoms in total. The molecule has 0 amide bonds. The lowest BCUT2D eigenvalue weighted by Crippen LogP contribution is -1.92. The van der Waals surface area contributed by atoms with Gasteiger partial charge in [0.25, 0.3) is 0 Å². The smallest absolute Gasteiger partial charge is 0.202 e. The minimum Gasteiger partial charge on any atom is -0.504 e. The van der Waals surface area contributed by atoms with Crippen molar-refractivity contribution in [2.75, 3.05) is 0 Å². The van der Waals surface area contributed by atoms with Crippen molar-refractivity contribution in [1.29, 1.82) is 5.26 Å². The molecule has 0 aromatic heterocycles. The van der Waals surface area contributed by atoms with Gasteiger partial charge in [-0.3, -0.25) is 0 Å². The molecule has 0 atom stereocenters. The van der Waals surface area contributed by atoms with Crippen LogP contribution in [0.15, 0.2) is 8.95 Å². The summed E-state index contributed by atoms with van der Waals surface area (Å²) >= 11 is 5.46. The summed E-state index contributed by atoms with van der Waals surface area (Å²) in [4.78, 5) is 0. The van der Waals surface area contributed by atoms with Crippen LogP contribution in [0.2, 0.25) is 0 Å². The van der Waals surface area contributed by atoms with Gasteiger partial charge in [0.2, 0.25) is 5.82 Å². The molecule has 1 rings (SSSR count). The molecule has 1 aromatic carbocycles. The molecule has 0 aliphatic rings. The van der Waals surface area contributed by atoms with Crippen molar-refractivity contribution >= 4 is 31.9 Å². The third kappa shape index (κ3) is 1.54. The lowest BCUT2D eigenvalue weighted by atomic mass is 10.2. The van der Waals surface area contributed by atoms with Gasteiger partial charge in [-0.2, -0.15) is 9.65 Å². The highest BCUT2D eigenvalue weighted by Crippen LogP contribution is 2.37. The number of halogens is 4. The van der Waals surface area contributed by atoms with Crippen LogP contribution < -0.4 is 0 Å². The molecule has 0 aliphatic carbocycles. The van der Waals surface area contributed by atoms with Crippen LogP contribution in [0, 0.1) is 23.0 Å². The van der Waals surface area contributed by atoms with E-state index in [1.165, 1.54) is 0 Å². The Morgan fingerprint density at radius 1 is 1.15 bits per heavy atom. The second-order valence-corrected chi connectivity index (χ2v) is 3.68. The van der Waals surface area contributed by atoms with Crippen molar-refractivity contribution in [3.05, 3.63) is 26.1 Å². The Bertz CT molecular complexity index is 385. The van der Waals surface area contributed by atoms with Gasteiger partial charge in [0.05, 0.1) is 14.5 Å². The standard InChI is InChI=1S/C7HBr2F2NO/c8-3-2(1-12)4(9)7(13)6(11)5(3)10/h13H. The van der Waals surface area contributed by atoms with Gasteiger partial charge in [-0.1, -0.05) is 0 Å². The van der Waals surface area contributed by atoms with E-state index >= 15 is 0 Å². The fourth-order valence-corrected chi connectivity index (χ4v) is 1.91. The number of benzene rings is 1. The van der Waals surface area contributed by atoms with Crippen LogP contribution in [-0.4, -0.2) is 5.11 Å². The van der Waals surface area contributed by atoms with Crippen LogP contribution in [0.1, 0.15) is 5.56 Å². The van der Waals surface area contributed by atoms with Crippen molar-refractivity contribution in [2.24, 2.45) is 0 Å². The van der Waals surface area contributed by atoms with E-state index in [0.717, 1.165) is 0 Å². The quantitative estimate of drug-likeness (QED) is 0.591. The first-order valence-corrected chi connectivity index (χ1v) is 4.54. The molecule has 1 N–H and O–H groups in total.